The van der Waals surface area contributed by atoms with Crippen molar-refractivity contribution in [3.8, 4) is 5.75 Å². The minimum atomic E-state index is -0.634. The summed E-state index contributed by atoms with van der Waals surface area (Å²) in [6.07, 6.45) is 0. The molecule has 0 radical (unpaired) electrons. The molecule has 98 valence electrons. The molecule has 1 amide bonds. The van der Waals surface area contributed by atoms with E-state index < -0.39 is 11.7 Å². The quantitative estimate of drug-likeness (QED) is 0.877. The number of rotatable bonds is 2. The molecule has 2 N–H and O–H groups in total. The van der Waals surface area contributed by atoms with Crippen molar-refractivity contribution in [2.24, 2.45) is 0 Å². The van der Waals surface area contributed by atoms with Crippen molar-refractivity contribution in [3.63, 3.8) is 0 Å². The largest absolute Gasteiger partial charge is 0.506 e. The average Bonchev–Trinajstić information content (AvgIpc) is 2.36. The molecule has 3 nitrogen and oxygen atoms in total. The second-order valence-corrected chi connectivity index (χ2v) is 4.59. The fraction of sp³-hybridized carbons (Fsp3) is 0. The van der Waals surface area contributed by atoms with E-state index in [1.54, 1.807) is 0 Å². The van der Waals surface area contributed by atoms with Crippen LogP contribution in [0.4, 0.5) is 10.1 Å². The number of phenolic OH excluding ortho intramolecular Hbond substituents is 1. The third-order valence-corrected chi connectivity index (χ3v) is 2.93. The van der Waals surface area contributed by atoms with E-state index in [2.05, 4.69) is 5.32 Å². The van der Waals surface area contributed by atoms with Crippen LogP contribution >= 0.6 is 23.2 Å². The number of hydrogen-bond donors (Lipinski definition) is 2. The first-order chi connectivity index (χ1) is 8.97. The highest BCUT2D eigenvalue weighted by atomic mass is 35.5. The summed E-state index contributed by atoms with van der Waals surface area (Å²) in [5.41, 5.74) is 0.218. The van der Waals surface area contributed by atoms with Crippen LogP contribution in [0.2, 0.25) is 10.0 Å². The van der Waals surface area contributed by atoms with Crippen molar-refractivity contribution in [3.05, 3.63) is 57.8 Å². The first-order valence-electron chi connectivity index (χ1n) is 5.22. The van der Waals surface area contributed by atoms with Crippen LogP contribution in [0.25, 0.3) is 0 Å². The standard InChI is InChI=1S/C13H8Cl2FNO2/c14-8-2-3-11(10(16)6-8)17-13(19)7-1-4-12(18)9(15)5-7/h1-6,18H,(H,17,19). The Bertz CT molecular complexity index is 647. The first kappa shape index (κ1) is 13.6. The van der Waals surface area contributed by atoms with Crippen LogP contribution in [0.5, 0.6) is 5.75 Å². The van der Waals surface area contributed by atoms with Gasteiger partial charge < -0.3 is 10.4 Å². The van der Waals surface area contributed by atoms with Gasteiger partial charge in [0.25, 0.3) is 5.91 Å². The molecule has 0 saturated carbocycles. The SMILES string of the molecule is O=C(Nc1ccc(Cl)cc1F)c1ccc(O)c(Cl)c1. The summed E-state index contributed by atoms with van der Waals surface area (Å²) in [6.45, 7) is 0. The second kappa shape index (κ2) is 5.47. The van der Waals surface area contributed by atoms with Gasteiger partial charge in [-0.15, -0.1) is 0 Å². The normalized spacial score (nSPS) is 10.3. The van der Waals surface area contributed by atoms with Crippen LogP contribution in [-0.4, -0.2) is 11.0 Å². The maximum atomic E-state index is 13.5. The molecule has 0 aliphatic carbocycles. The molecule has 2 rings (SSSR count). The Morgan fingerprint density at radius 3 is 2.53 bits per heavy atom. The molecule has 0 saturated heterocycles. The zero-order chi connectivity index (χ0) is 14.0. The number of amides is 1. The van der Waals surface area contributed by atoms with E-state index in [4.69, 9.17) is 23.2 Å². The molecular weight excluding hydrogens is 292 g/mol. The van der Waals surface area contributed by atoms with Gasteiger partial charge in [0.1, 0.15) is 11.6 Å². The van der Waals surface area contributed by atoms with Crippen molar-refractivity contribution in [2.45, 2.75) is 0 Å². The second-order valence-electron chi connectivity index (χ2n) is 3.74. The third-order valence-electron chi connectivity index (χ3n) is 2.39. The number of anilines is 1. The van der Waals surface area contributed by atoms with Crippen molar-refractivity contribution >= 4 is 34.8 Å². The van der Waals surface area contributed by atoms with Gasteiger partial charge in [-0.2, -0.15) is 0 Å². The van der Waals surface area contributed by atoms with E-state index in [0.29, 0.717) is 0 Å². The van der Waals surface area contributed by atoms with Gasteiger partial charge in [-0.25, -0.2) is 4.39 Å². The molecule has 2 aromatic rings. The lowest BCUT2D eigenvalue weighted by molar-refractivity contribution is 0.102. The van der Waals surface area contributed by atoms with E-state index >= 15 is 0 Å². The van der Waals surface area contributed by atoms with Gasteiger partial charge in [-0.1, -0.05) is 23.2 Å². The number of halogens is 3. The average molecular weight is 300 g/mol. The number of carbonyl (C=O) groups is 1. The van der Waals surface area contributed by atoms with Gasteiger partial charge in [-0.3, -0.25) is 4.79 Å². The van der Waals surface area contributed by atoms with Crippen LogP contribution in [0.3, 0.4) is 0 Å². The van der Waals surface area contributed by atoms with E-state index in [9.17, 15) is 14.3 Å². The van der Waals surface area contributed by atoms with E-state index in [0.717, 1.165) is 6.07 Å². The first-order valence-corrected chi connectivity index (χ1v) is 5.98. The van der Waals surface area contributed by atoms with Gasteiger partial charge in [0.2, 0.25) is 0 Å². The molecule has 2 aromatic carbocycles. The summed E-state index contributed by atoms with van der Waals surface area (Å²) in [7, 11) is 0. The fourth-order valence-corrected chi connectivity index (χ4v) is 1.77. The molecule has 6 heteroatoms. The van der Waals surface area contributed by atoms with Gasteiger partial charge in [-0.05, 0) is 36.4 Å². The van der Waals surface area contributed by atoms with Gasteiger partial charge in [0, 0.05) is 10.6 Å². The van der Waals surface area contributed by atoms with E-state index in [1.165, 1.54) is 30.3 Å². The molecule has 0 unspecified atom stereocenters. The van der Waals surface area contributed by atoms with Crippen molar-refractivity contribution in [1.82, 2.24) is 0 Å². The summed E-state index contributed by atoms with van der Waals surface area (Å²) in [5, 5.41) is 11.9. The van der Waals surface area contributed by atoms with Gasteiger partial charge >= 0.3 is 0 Å². The zero-order valence-corrected chi connectivity index (χ0v) is 11.0. The van der Waals surface area contributed by atoms with Crippen LogP contribution in [0.15, 0.2) is 36.4 Å². The molecule has 0 fully saturated rings. The van der Waals surface area contributed by atoms with Crippen LogP contribution < -0.4 is 5.32 Å². The molecule has 19 heavy (non-hydrogen) atoms. The number of hydrogen-bond acceptors (Lipinski definition) is 2. The fourth-order valence-electron chi connectivity index (χ4n) is 1.43. The summed E-state index contributed by atoms with van der Waals surface area (Å²) in [5.74, 6) is -1.30. The predicted molar refractivity (Wildman–Crippen MR) is 72.5 cm³/mol. The molecule has 0 atom stereocenters. The number of phenols is 1. The Kier molecular flexibility index (Phi) is 3.93. The molecule has 0 aromatic heterocycles. The highest BCUT2D eigenvalue weighted by Gasteiger charge is 2.11. The summed E-state index contributed by atoms with van der Waals surface area (Å²) in [4.78, 5) is 11.9. The zero-order valence-electron chi connectivity index (χ0n) is 9.45. The molecule has 0 bridgehead atoms. The highest BCUT2D eigenvalue weighted by Crippen LogP contribution is 2.25. The predicted octanol–water partition coefficient (Wildman–Crippen LogP) is 4.09. The van der Waals surface area contributed by atoms with E-state index in [-0.39, 0.29) is 27.0 Å². The molecule has 0 aliphatic heterocycles. The smallest absolute Gasteiger partial charge is 0.255 e. The Balaban J connectivity index is 2.23. The number of benzene rings is 2. The molecule has 0 aliphatic rings. The minimum Gasteiger partial charge on any atom is -0.506 e. The monoisotopic (exact) mass is 299 g/mol. The lowest BCUT2D eigenvalue weighted by Crippen LogP contribution is -2.12. The summed E-state index contributed by atoms with van der Waals surface area (Å²) >= 11 is 11.3. The van der Waals surface area contributed by atoms with Crippen LogP contribution in [0, 0.1) is 5.82 Å². The van der Waals surface area contributed by atoms with Gasteiger partial charge in [0.05, 0.1) is 10.7 Å². The van der Waals surface area contributed by atoms with Crippen molar-refractivity contribution in [1.29, 1.82) is 0 Å². The van der Waals surface area contributed by atoms with E-state index in [1.807, 2.05) is 0 Å². The molecular formula is C13H8Cl2FNO2. The van der Waals surface area contributed by atoms with Gasteiger partial charge in [0.15, 0.2) is 0 Å². The van der Waals surface area contributed by atoms with Crippen LogP contribution in [-0.2, 0) is 0 Å². The Morgan fingerprint density at radius 1 is 1.16 bits per heavy atom. The Labute approximate surface area is 118 Å². The minimum absolute atomic E-state index is 0.0126. The number of aromatic hydroxyl groups is 1. The maximum Gasteiger partial charge on any atom is 0.255 e. The molecule has 0 spiro atoms. The number of carbonyl (C=O) groups excluding carboxylic acids is 1. The lowest BCUT2D eigenvalue weighted by atomic mass is 10.2. The highest BCUT2D eigenvalue weighted by molar-refractivity contribution is 6.32. The number of nitrogens with one attached hydrogen (secondary N) is 1. The third kappa shape index (κ3) is 3.16. The summed E-state index contributed by atoms with van der Waals surface area (Å²) in [6, 6.07) is 7.88. The van der Waals surface area contributed by atoms with Crippen LogP contribution in [0.1, 0.15) is 10.4 Å². The maximum absolute atomic E-state index is 13.5. The Morgan fingerprint density at radius 2 is 1.89 bits per heavy atom. The van der Waals surface area contributed by atoms with Crippen molar-refractivity contribution in [2.75, 3.05) is 5.32 Å². The summed E-state index contributed by atoms with van der Waals surface area (Å²) < 4.78 is 13.5. The Hall–Kier alpha value is -1.78. The topological polar surface area (TPSA) is 49.3 Å². The van der Waals surface area contributed by atoms with Crippen molar-refractivity contribution < 1.29 is 14.3 Å². The lowest BCUT2D eigenvalue weighted by Gasteiger charge is -2.07. The molecule has 0 heterocycles.